The lowest BCUT2D eigenvalue weighted by atomic mass is 10.1. The standard InChI is InChI=1S/C21H32N4O3S/c1-4-24(5-2)10-6-9-22-21(29)25(11-12-26)15-17-13-16-7-8-18(28-3)14-19(16)23-20(17)27/h7-8,13-14,26H,4-6,9-12,15H2,1-3H3,(H,22,29)(H,23,27)/p+1. The molecular weight excluding hydrogens is 388 g/mol. The molecule has 0 aliphatic rings. The molecule has 8 heteroatoms. The molecule has 160 valence electrons. The van der Waals surface area contributed by atoms with Crippen LogP contribution in [0.4, 0.5) is 0 Å². The van der Waals surface area contributed by atoms with Crippen LogP contribution < -0.4 is 20.5 Å². The Labute approximate surface area is 177 Å². The van der Waals surface area contributed by atoms with Gasteiger partial charge in [-0.15, -0.1) is 0 Å². The van der Waals surface area contributed by atoms with Crippen LogP contribution in [0.5, 0.6) is 5.75 Å². The summed E-state index contributed by atoms with van der Waals surface area (Å²) < 4.78 is 5.21. The van der Waals surface area contributed by atoms with E-state index in [9.17, 15) is 9.90 Å². The lowest BCUT2D eigenvalue weighted by Gasteiger charge is -2.25. The number of nitrogens with one attached hydrogen (secondary N) is 3. The number of H-pyrrole nitrogens is 1. The number of nitrogens with zero attached hydrogens (tertiary/aromatic N) is 1. The summed E-state index contributed by atoms with van der Waals surface area (Å²) in [6.07, 6.45) is 1.02. The molecule has 0 aliphatic carbocycles. The van der Waals surface area contributed by atoms with E-state index >= 15 is 0 Å². The van der Waals surface area contributed by atoms with Crippen LogP contribution in [0, 0.1) is 0 Å². The highest BCUT2D eigenvalue weighted by Gasteiger charge is 2.13. The number of rotatable bonds is 11. The SMILES string of the molecule is CC[NH+](CC)CCCNC(=S)N(CCO)Cc1cc2ccc(OC)cc2[nH]c1=O. The Balaban J connectivity index is 2.04. The second kappa shape index (κ2) is 11.7. The van der Waals surface area contributed by atoms with Gasteiger partial charge in [-0.05, 0) is 49.7 Å². The Bertz CT molecular complexity index is 851. The summed E-state index contributed by atoms with van der Waals surface area (Å²) in [6.45, 7) is 9.16. The Morgan fingerprint density at radius 3 is 2.72 bits per heavy atom. The van der Waals surface area contributed by atoms with Crippen LogP contribution in [0.25, 0.3) is 10.9 Å². The molecule has 0 saturated carbocycles. The molecule has 0 fully saturated rings. The highest BCUT2D eigenvalue weighted by Crippen LogP contribution is 2.18. The minimum absolute atomic E-state index is 0.0336. The third-order valence-corrected chi connectivity index (χ3v) is 5.53. The molecule has 1 heterocycles. The molecule has 2 aromatic rings. The summed E-state index contributed by atoms with van der Waals surface area (Å²) in [7, 11) is 1.59. The highest BCUT2D eigenvalue weighted by atomic mass is 32.1. The number of aliphatic hydroxyl groups is 1. The summed E-state index contributed by atoms with van der Waals surface area (Å²) in [5, 5.41) is 14.2. The summed E-state index contributed by atoms with van der Waals surface area (Å²) in [5.74, 6) is 0.694. The maximum Gasteiger partial charge on any atom is 0.253 e. The van der Waals surface area contributed by atoms with E-state index in [0.29, 0.717) is 29.5 Å². The maximum absolute atomic E-state index is 12.5. The average Bonchev–Trinajstić information content (AvgIpc) is 2.73. The van der Waals surface area contributed by atoms with E-state index in [1.54, 1.807) is 18.1 Å². The molecule has 4 N–H and O–H groups in total. The van der Waals surface area contributed by atoms with Crippen LogP contribution in [0.3, 0.4) is 0 Å². The zero-order valence-electron chi connectivity index (χ0n) is 17.6. The van der Waals surface area contributed by atoms with Gasteiger partial charge < -0.3 is 29.9 Å². The van der Waals surface area contributed by atoms with E-state index < -0.39 is 0 Å². The quantitative estimate of drug-likeness (QED) is 0.313. The van der Waals surface area contributed by atoms with Crippen molar-refractivity contribution >= 4 is 28.2 Å². The van der Waals surface area contributed by atoms with Gasteiger partial charge >= 0.3 is 0 Å². The number of quaternary nitrogens is 1. The fraction of sp³-hybridized carbons (Fsp3) is 0.524. The summed E-state index contributed by atoms with van der Waals surface area (Å²) >= 11 is 5.52. The van der Waals surface area contributed by atoms with Crippen LogP contribution in [0.15, 0.2) is 29.1 Å². The number of benzene rings is 1. The van der Waals surface area contributed by atoms with Crippen LogP contribution in [0.1, 0.15) is 25.8 Å². The first-order valence-electron chi connectivity index (χ1n) is 10.2. The smallest absolute Gasteiger partial charge is 0.253 e. The number of aliphatic hydroxyl groups excluding tert-OH is 1. The monoisotopic (exact) mass is 421 g/mol. The zero-order chi connectivity index (χ0) is 21.2. The number of thiocarbonyl (C=S) groups is 1. The van der Waals surface area contributed by atoms with Crippen LogP contribution >= 0.6 is 12.2 Å². The minimum atomic E-state index is -0.165. The Kier molecular flexibility index (Phi) is 9.37. The first-order valence-corrected chi connectivity index (χ1v) is 10.6. The third-order valence-electron chi connectivity index (χ3n) is 5.13. The third kappa shape index (κ3) is 6.69. The molecule has 2 rings (SSSR count). The van der Waals surface area contributed by atoms with Crippen molar-refractivity contribution in [3.05, 3.63) is 40.2 Å². The molecule has 0 radical (unpaired) electrons. The molecule has 0 spiro atoms. The number of ether oxygens (including phenoxy) is 1. The molecule has 0 saturated heterocycles. The van der Waals surface area contributed by atoms with Crippen molar-refractivity contribution in [1.82, 2.24) is 15.2 Å². The van der Waals surface area contributed by atoms with Gasteiger partial charge in [-0.3, -0.25) is 4.79 Å². The van der Waals surface area contributed by atoms with Crippen molar-refractivity contribution in [2.45, 2.75) is 26.8 Å². The molecule has 0 atom stereocenters. The van der Waals surface area contributed by atoms with Crippen LogP contribution in [0.2, 0.25) is 0 Å². The predicted molar refractivity (Wildman–Crippen MR) is 121 cm³/mol. The van der Waals surface area contributed by atoms with Gasteiger partial charge in [0.15, 0.2) is 5.11 Å². The van der Waals surface area contributed by atoms with Crippen molar-refractivity contribution in [3.8, 4) is 5.75 Å². The lowest BCUT2D eigenvalue weighted by Crippen LogP contribution is -3.11. The average molecular weight is 422 g/mol. The topological polar surface area (TPSA) is 82.0 Å². The molecule has 0 aliphatic heterocycles. The first kappa shape index (κ1) is 23.1. The van der Waals surface area contributed by atoms with E-state index in [4.69, 9.17) is 17.0 Å². The number of aromatic nitrogens is 1. The number of methoxy groups -OCH3 is 1. The van der Waals surface area contributed by atoms with E-state index in [1.807, 2.05) is 23.1 Å². The number of fused-ring (bicyclic) bond motifs is 1. The van der Waals surface area contributed by atoms with E-state index in [2.05, 4.69) is 24.1 Å². The highest BCUT2D eigenvalue weighted by molar-refractivity contribution is 7.80. The summed E-state index contributed by atoms with van der Waals surface area (Å²) in [4.78, 5) is 18.8. The summed E-state index contributed by atoms with van der Waals surface area (Å²) in [6, 6.07) is 7.44. The van der Waals surface area contributed by atoms with Crippen LogP contribution in [-0.4, -0.2) is 66.5 Å². The summed E-state index contributed by atoms with van der Waals surface area (Å²) in [5.41, 5.74) is 1.17. The molecule has 1 aromatic heterocycles. The number of aromatic amines is 1. The molecule has 0 unspecified atom stereocenters. The van der Waals surface area contributed by atoms with Gasteiger partial charge in [-0.1, -0.05) is 0 Å². The van der Waals surface area contributed by atoms with Crippen molar-refractivity contribution < 1.29 is 14.7 Å². The van der Waals surface area contributed by atoms with Crippen LogP contribution in [-0.2, 0) is 6.54 Å². The molecule has 7 nitrogen and oxygen atoms in total. The van der Waals surface area contributed by atoms with Gasteiger partial charge in [0.2, 0.25) is 0 Å². The fourth-order valence-corrected chi connectivity index (χ4v) is 3.56. The minimum Gasteiger partial charge on any atom is -0.497 e. The Morgan fingerprint density at radius 2 is 2.07 bits per heavy atom. The number of hydrogen-bond acceptors (Lipinski definition) is 4. The zero-order valence-corrected chi connectivity index (χ0v) is 18.4. The Morgan fingerprint density at radius 1 is 1.31 bits per heavy atom. The van der Waals surface area contributed by atoms with Crippen molar-refractivity contribution in [1.29, 1.82) is 0 Å². The molecule has 1 aromatic carbocycles. The number of pyridine rings is 1. The van der Waals surface area contributed by atoms with Gasteiger partial charge in [-0.2, -0.15) is 0 Å². The largest absolute Gasteiger partial charge is 0.497 e. The van der Waals surface area contributed by atoms with Crippen molar-refractivity contribution in [3.63, 3.8) is 0 Å². The molecule has 0 amide bonds. The second-order valence-electron chi connectivity index (χ2n) is 7.01. The number of hydrogen-bond donors (Lipinski definition) is 4. The fourth-order valence-electron chi connectivity index (χ4n) is 3.30. The van der Waals surface area contributed by atoms with Gasteiger partial charge in [-0.25, -0.2) is 0 Å². The van der Waals surface area contributed by atoms with Crippen molar-refractivity contribution in [2.75, 3.05) is 46.4 Å². The normalized spacial score (nSPS) is 11.1. The van der Waals surface area contributed by atoms with Gasteiger partial charge in [0.1, 0.15) is 5.75 Å². The Hall–Kier alpha value is -2.16. The van der Waals surface area contributed by atoms with Gasteiger partial charge in [0.25, 0.3) is 5.56 Å². The second-order valence-corrected chi connectivity index (χ2v) is 7.40. The van der Waals surface area contributed by atoms with Crippen molar-refractivity contribution in [2.24, 2.45) is 0 Å². The molecular formula is C21H33N4O3S+. The van der Waals surface area contributed by atoms with E-state index in [-0.39, 0.29) is 12.2 Å². The lowest BCUT2D eigenvalue weighted by molar-refractivity contribution is -0.896. The van der Waals surface area contributed by atoms with Gasteiger partial charge in [0, 0.05) is 31.1 Å². The first-order chi connectivity index (χ1) is 14.0. The van der Waals surface area contributed by atoms with E-state index in [1.165, 1.54) is 0 Å². The predicted octanol–water partition coefficient (Wildman–Crippen LogP) is 0.520. The molecule has 0 bridgehead atoms. The van der Waals surface area contributed by atoms with Gasteiger partial charge in [0.05, 0.1) is 45.4 Å². The van der Waals surface area contributed by atoms with E-state index in [0.717, 1.165) is 43.5 Å². The molecule has 29 heavy (non-hydrogen) atoms. The maximum atomic E-state index is 12.5.